The van der Waals surface area contributed by atoms with Crippen LogP contribution in [0.2, 0.25) is 0 Å². The summed E-state index contributed by atoms with van der Waals surface area (Å²) in [5, 5.41) is 15.8. The van der Waals surface area contributed by atoms with Gasteiger partial charge in [-0.3, -0.25) is 0 Å². The van der Waals surface area contributed by atoms with Crippen molar-refractivity contribution >= 4 is 11.0 Å². The summed E-state index contributed by atoms with van der Waals surface area (Å²) in [6.07, 6.45) is 1.29. The van der Waals surface area contributed by atoms with E-state index in [9.17, 15) is 5.11 Å². The average Bonchev–Trinajstić information content (AvgIpc) is 3.01. The molecule has 0 saturated heterocycles. The van der Waals surface area contributed by atoms with Gasteiger partial charge in [-0.15, -0.1) is 0 Å². The van der Waals surface area contributed by atoms with Gasteiger partial charge in [-0.1, -0.05) is 18.2 Å². The van der Waals surface area contributed by atoms with Crippen molar-refractivity contribution in [2.24, 2.45) is 0 Å². The maximum absolute atomic E-state index is 10.6. The van der Waals surface area contributed by atoms with Crippen molar-refractivity contribution in [2.45, 2.75) is 39.3 Å². The van der Waals surface area contributed by atoms with Crippen molar-refractivity contribution in [1.82, 2.24) is 14.8 Å². The number of fused-ring (bicyclic) bond motifs is 1. The first-order chi connectivity index (χ1) is 10.1. The van der Waals surface area contributed by atoms with Crippen LogP contribution in [0.3, 0.4) is 0 Å². The zero-order valence-corrected chi connectivity index (χ0v) is 12.4. The van der Waals surface area contributed by atoms with E-state index in [4.69, 9.17) is 4.42 Å². The first-order valence-corrected chi connectivity index (χ1v) is 7.12. The third-order valence-electron chi connectivity index (χ3n) is 3.67. The highest BCUT2D eigenvalue weighted by Crippen LogP contribution is 2.31. The summed E-state index contributed by atoms with van der Waals surface area (Å²) < 4.78 is 7.55. The fourth-order valence-corrected chi connectivity index (χ4v) is 2.73. The Labute approximate surface area is 123 Å². The molecule has 21 heavy (non-hydrogen) atoms. The van der Waals surface area contributed by atoms with Gasteiger partial charge in [0.15, 0.2) is 0 Å². The molecule has 0 radical (unpaired) electrons. The molecule has 1 aromatic carbocycles. The summed E-state index contributed by atoms with van der Waals surface area (Å²) in [5.41, 5.74) is 1.64. The van der Waals surface area contributed by atoms with Crippen LogP contribution in [0.5, 0.6) is 0 Å². The van der Waals surface area contributed by atoms with Crippen molar-refractivity contribution in [3.63, 3.8) is 0 Å². The van der Waals surface area contributed by atoms with Gasteiger partial charge in [0, 0.05) is 23.4 Å². The Balaban J connectivity index is 1.95. The van der Waals surface area contributed by atoms with E-state index < -0.39 is 6.10 Å². The van der Waals surface area contributed by atoms with E-state index in [1.807, 2.05) is 49.7 Å². The number of aromatic nitrogens is 3. The highest BCUT2D eigenvalue weighted by atomic mass is 16.3. The van der Waals surface area contributed by atoms with Crippen LogP contribution >= 0.6 is 0 Å². The van der Waals surface area contributed by atoms with Crippen LogP contribution in [0.15, 0.2) is 35.0 Å². The monoisotopic (exact) mass is 285 g/mol. The number of hydrogen-bond acceptors (Lipinski definition) is 4. The van der Waals surface area contributed by atoms with E-state index in [0.717, 1.165) is 28.1 Å². The second-order valence-electron chi connectivity index (χ2n) is 5.50. The van der Waals surface area contributed by atoms with Crippen LogP contribution in [0.25, 0.3) is 11.0 Å². The smallest absolute Gasteiger partial charge is 0.138 e. The van der Waals surface area contributed by atoms with Gasteiger partial charge >= 0.3 is 0 Å². The maximum Gasteiger partial charge on any atom is 0.138 e. The van der Waals surface area contributed by atoms with Crippen LogP contribution in [-0.4, -0.2) is 19.9 Å². The lowest BCUT2D eigenvalue weighted by molar-refractivity contribution is 0.172. The van der Waals surface area contributed by atoms with Crippen molar-refractivity contribution in [2.75, 3.05) is 0 Å². The highest BCUT2D eigenvalue weighted by Gasteiger charge is 2.21. The summed E-state index contributed by atoms with van der Waals surface area (Å²) in [6, 6.07) is 7.98. The number of para-hydroxylation sites is 1. The number of aliphatic hydroxyl groups is 1. The predicted octanol–water partition coefficient (Wildman–Crippen LogP) is 3.19. The van der Waals surface area contributed by atoms with Gasteiger partial charge in [0.25, 0.3) is 0 Å². The van der Waals surface area contributed by atoms with E-state index in [1.165, 1.54) is 6.33 Å². The van der Waals surface area contributed by atoms with Crippen LogP contribution in [0, 0.1) is 6.92 Å². The summed E-state index contributed by atoms with van der Waals surface area (Å²) in [4.78, 5) is 4.26. The molecule has 0 aliphatic rings. The Hall–Kier alpha value is -2.14. The SMILES string of the molecule is Cc1oc2ccccc2c1C(O)Cc1ncnn1C(C)C. The van der Waals surface area contributed by atoms with Crippen molar-refractivity contribution < 1.29 is 9.52 Å². The molecule has 2 aromatic heterocycles. The standard InChI is InChI=1S/C16H19N3O2/c1-10(2)19-15(17-9-18-19)8-13(20)16-11(3)21-14-7-5-4-6-12(14)16/h4-7,9-10,13,20H,8H2,1-3H3. The van der Waals surface area contributed by atoms with Gasteiger partial charge in [-0.25, -0.2) is 9.67 Å². The first kappa shape index (κ1) is 13.8. The molecule has 1 N–H and O–H groups in total. The summed E-state index contributed by atoms with van der Waals surface area (Å²) in [7, 11) is 0. The number of hydrogen-bond donors (Lipinski definition) is 1. The molecule has 3 rings (SSSR count). The average molecular weight is 285 g/mol. The Morgan fingerprint density at radius 2 is 2.05 bits per heavy atom. The Kier molecular flexibility index (Phi) is 3.51. The fraction of sp³-hybridized carbons (Fsp3) is 0.375. The number of aliphatic hydroxyl groups excluding tert-OH is 1. The normalized spacial score (nSPS) is 13.2. The molecule has 0 aliphatic carbocycles. The maximum atomic E-state index is 10.6. The molecular formula is C16H19N3O2. The highest BCUT2D eigenvalue weighted by molar-refractivity contribution is 5.82. The van der Waals surface area contributed by atoms with E-state index in [-0.39, 0.29) is 6.04 Å². The number of furan rings is 1. The quantitative estimate of drug-likeness (QED) is 0.799. The predicted molar refractivity (Wildman–Crippen MR) is 80.0 cm³/mol. The molecule has 0 fully saturated rings. The van der Waals surface area contributed by atoms with Gasteiger partial charge in [0.1, 0.15) is 23.5 Å². The second-order valence-corrected chi connectivity index (χ2v) is 5.50. The minimum atomic E-state index is -0.657. The molecule has 0 amide bonds. The molecule has 2 heterocycles. The molecule has 110 valence electrons. The Bertz CT molecular complexity index is 758. The zero-order chi connectivity index (χ0) is 15.0. The molecule has 0 aliphatic heterocycles. The molecule has 0 bridgehead atoms. The molecule has 5 heteroatoms. The summed E-state index contributed by atoms with van der Waals surface area (Å²) in [5.74, 6) is 1.53. The van der Waals surface area contributed by atoms with Crippen LogP contribution < -0.4 is 0 Å². The van der Waals surface area contributed by atoms with Gasteiger partial charge in [0.05, 0.1) is 6.10 Å². The Morgan fingerprint density at radius 1 is 1.29 bits per heavy atom. The van der Waals surface area contributed by atoms with Crippen LogP contribution in [0.1, 0.15) is 43.1 Å². The molecule has 5 nitrogen and oxygen atoms in total. The third-order valence-corrected chi connectivity index (χ3v) is 3.67. The summed E-state index contributed by atoms with van der Waals surface area (Å²) in [6.45, 7) is 5.97. The lowest BCUT2D eigenvalue weighted by Gasteiger charge is -2.13. The van der Waals surface area contributed by atoms with Crippen LogP contribution in [0.4, 0.5) is 0 Å². The van der Waals surface area contributed by atoms with Gasteiger partial charge in [-0.05, 0) is 26.8 Å². The minimum Gasteiger partial charge on any atom is -0.461 e. The molecule has 3 aromatic rings. The van der Waals surface area contributed by atoms with Crippen molar-refractivity contribution in [1.29, 1.82) is 0 Å². The lowest BCUT2D eigenvalue weighted by Crippen LogP contribution is -2.12. The first-order valence-electron chi connectivity index (χ1n) is 7.12. The molecular weight excluding hydrogens is 266 g/mol. The lowest BCUT2D eigenvalue weighted by atomic mass is 10.0. The Morgan fingerprint density at radius 3 is 2.81 bits per heavy atom. The second kappa shape index (κ2) is 5.33. The van der Waals surface area contributed by atoms with Crippen molar-refractivity contribution in [3.05, 3.63) is 47.7 Å². The summed E-state index contributed by atoms with van der Waals surface area (Å²) >= 11 is 0. The van der Waals surface area contributed by atoms with E-state index in [1.54, 1.807) is 0 Å². The van der Waals surface area contributed by atoms with Crippen LogP contribution in [-0.2, 0) is 6.42 Å². The molecule has 1 atom stereocenters. The van der Waals surface area contributed by atoms with E-state index >= 15 is 0 Å². The topological polar surface area (TPSA) is 64.1 Å². The molecule has 1 unspecified atom stereocenters. The fourth-order valence-electron chi connectivity index (χ4n) is 2.73. The molecule has 0 spiro atoms. The zero-order valence-electron chi connectivity index (χ0n) is 12.4. The number of nitrogens with zero attached hydrogens (tertiary/aromatic N) is 3. The van der Waals surface area contributed by atoms with Gasteiger partial charge < -0.3 is 9.52 Å². The van der Waals surface area contributed by atoms with Crippen molar-refractivity contribution in [3.8, 4) is 0 Å². The number of aryl methyl sites for hydroxylation is 1. The largest absolute Gasteiger partial charge is 0.461 e. The third kappa shape index (κ3) is 2.45. The van der Waals surface area contributed by atoms with Gasteiger partial charge in [0.2, 0.25) is 0 Å². The molecule has 0 saturated carbocycles. The van der Waals surface area contributed by atoms with Gasteiger partial charge in [-0.2, -0.15) is 5.10 Å². The number of benzene rings is 1. The minimum absolute atomic E-state index is 0.219. The van der Waals surface area contributed by atoms with E-state index in [2.05, 4.69) is 10.1 Å². The number of rotatable bonds is 4. The van der Waals surface area contributed by atoms with E-state index in [0.29, 0.717) is 6.42 Å².